The van der Waals surface area contributed by atoms with Crippen molar-refractivity contribution >= 4 is 17.1 Å². The van der Waals surface area contributed by atoms with Crippen molar-refractivity contribution in [2.45, 2.75) is 0 Å². The highest BCUT2D eigenvalue weighted by atomic mass is 19.1. The fraction of sp³-hybridized carbons (Fsp3) is 0.0769. The van der Waals surface area contributed by atoms with Gasteiger partial charge >= 0.3 is 0 Å². The minimum absolute atomic E-state index is 0.206. The predicted molar refractivity (Wildman–Crippen MR) is 67.0 cm³/mol. The number of methoxy groups -OCH3 is 1. The van der Waals surface area contributed by atoms with Gasteiger partial charge in [-0.3, -0.25) is 0 Å². The Balaban J connectivity index is 2.33. The first kappa shape index (κ1) is 12.2. The molecule has 0 radical (unpaired) electrons. The van der Waals surface area contributed by atoms with Crippen molar-refractivity contribution in [1.29, 1.82) is 0 Å². The average Bonchev–Trinajstić information content (AvgIpc) is 2.35. The second kappa shape index (κ2) is 4.91. The summed E-state index contributed by atoms with van der Waals surface area (Å²) < 4.78 is 31.5. The second-order valence-electron chi connectivity index (χ2n) is 3.70. The van der Waals surface area contributed by atoms with Gasteiger partial charge in [0.2, 0.25) is 0 Å². The largest absolute Gasteiger partial charge is 0.497 e. The Morgan fingerprint density at radius 3 is 2.50 bits per heavy atom. The lowest BCUT2D eigenvalue weighted by atomic mass is 10.2. The first-order valence-corrected chi connectivity index (χ1v) is 5.26. The standard InChI is InChI=1S/C13H12F2N2O/c1-18-9-3-4-10(15)13(7-9)17-12-5-2-8(14)6-11(12)16/h2-7,17H,16H2,1H3. The number of anilines is 3. The number of nitrogen functional groups attached to an aromatic ring is 1. The molecule has 3 nitrogen and oxygen atoms in total. The molecule has 5 heteroatoms. The molecule has 2 aromatic carbocycles. The highest BCUT2D eigenvalue weighted by Gasteiger charge is 2.07. The number of nitrogens with two attached hydrogens (primary N) is 1. The van der Waals surface area contributed by atoms with E-state index in [1.807, 2.05) is 0 Å². The highest BCUT2D eigenvalue weighted by Crippen LogP contribution is 2.28. The van der Waals surface area contributed by atoms with Crippen LogP contribution in [0.2, 0.25) is 0 Å². The molecule has 0 aliphatic rings. The zero-order valence-electron chi connectivity index (χ0n) is 9.71. The monoisotopic (exact) mass is 250 g/mol. The molecule has 0 atom stereocenters. The zero-order valence-corrected chi connectivity index (χ0v) is 9.71. The van der Waals surface area contributed by atoms with E-state index in [2.05, 4.69) is 5.32 Å². The molecule has 0 saturated heterocycles. The normalized spacial score (nSPS) is 10.2. The summed E-state index contributed by atoms with van der Waals surface area (Å²) in [5, 5.41) is 2.80. The van der Waals surface area contributed by atoms with E-state index in [0.29, 0.717) is 11.4 Å². The Kier molecular flexibility index (Phi) is 3.32. The number of hydrogen-bond donors (Lipinski definition) is 2. The van der Waals surface area contributed by atoms with E-state index in [0.717, 1.165) is 0 Å². The van der Waals surface area contributed by atoms with Crippen LogP contribution in [0.3, 0.4) is 0 Å². The number of rotatable bonds is 3. The number of benzene rings is 2. The maximum atomic E-state index is 13.6. The minimum Gasteiger partial charge on any atom is -0.497 e. The molecular weight excluding hydrogens is 238 g/mol. The molecule has 18 heavy (non-hydrogen) atoms. The molecule has 0 bridgehead atoms. The quantitative estimate of drug-likeness (QED) is 0.822. The summed E-state index contributed by atoms with van der Waals surface area (Å²) in [6, 6.07) is 8.15. The third-order valence-electron chi connectivity index (χ3n) is 2.46. The number of hydrogen-bond acceptors (Lipinski definition) is 3. The summed E-state index contributed by atoms with van der Waals surface area (Å²) >= 11 is 0. The molecule has 0 spiro atoms. The smallest absolute Gasteiger partial charge is 0.146 e. The summed E-state index contributed by atoms with van der Waals surface area (Å²) in [6.07, 6.45) is 0. The highest BCUT2D eigenvalue weighted by molar-refractivity contribution is 5.73. The van der Waals surface area contributed by atoms with Gasteiger partial charge in [0.1, 0.15) is 17.4 Å². The summed E-state index contributed by atoms with van der Waals surface area (Å²) in [5.74, 6) is -0.372. The minimum atomic E-state index is -0.445. The molecule has 0 fully saturated rings. The molecule has 0 saturated carbocycles. The molecule has 0 aromatic heterocycles. The first-order valence-electron chi connectivity index (χ1n) is 5.26. The van der Waals surface area contributed by atoms with Gasteiger partial charge in [-0.05, 0) is 30.3 Å². The molecule has 0 unspecified atom stereocenters. The Morgan fingerprint density at radius 1 is 1.06 bits per heavy atom. The van der Waals surface area contributed by atoms with Crippen LogP contribution in [-0.4, -0.2) is 7.11 Å². The van der Waals surface area contributed by atoms with E-state index in [9.17, 15) is 8.78 Å². The third-order valence-corrected chi connectivity index (χ3v) is 2.46. The van der Waals surface area contributed by atoms with Gasteiger partial charge < -0.3 is 15.8 Å². The van der Waals surface area contributed by atoms with Crippen LogP contribution in [-0.2, 0) is 0 Å². The van der Waals surface area contributed by atoms with Crippen molar-refractivity contribution < 1.29 is 13.5 Å². The average molecular weight is 250 g/mol. The fourth-order valence-corrected chi connectivity index (χ4v) is 1.52. The van der Waals surface area contributed by atoms with Gasteiger partial charge in [0.25, 0.3) is 0 Å². The van der Waals surface area contributed by atoms with Crippen molar-refractivity contribution in [3.05, 3.63) is 48.0 Å². The van der Waals surface area contributed by atoms with Crippen molar-refractivity contribution in [1.82, 2.24) is 0 Å². The van der Waals surface area contributed by atoms with Crippen LogP contribution in [0.5, 0.6) is 5.75 Å². The van der Waals surface area contributed by atoms with E-state index in [1.165, 1.54) is 43.5 Å². The predicted octanol–water partition coefficient (Wildman–Crippen LogP) is 3.30. The number of nitrogens with one attached hydrogen (secondary N) is 1. The summed E-state index contributed by atoms with van der Waals surface area (Å²) in [5.41, 5.74) is 6.49. The van der Waals surface area contributed by atoms with Crippen LogP contribution in [0.25, 0.3) is 0 Å². The fourth-order valence-electron chi connectivity index (χ4n) is 1.52. The van der Waals surface area contributed by atoms with E-state index < -0.39 is 11.6 Å². The molecule has 2 aromatic rings. The lowest BCUT2D eigenvalue weighted by Crippen LogP contribution is -1.99. The first-order chi connectivity index (χ1) is 8.60. The van der Waals surface area contributed by atoms with Crippen LogP contribution in [0.1, 0.15) is 0 Å². The van der Waals surface area contributed by atoms with Crippen LogP contribution < -0.4 is 15.8 Å². The van der Waals surface area contributed by atoms with Gasteiger partial charge in [0, 0.05) is 6.07 Å². The maximum absolute atomic E-state index is 13.6. The molecule has 0 heterocycles. The Morgan fingerprint density at radius 2 is 1.83 bits per heavy atom. The molecular formula is C13H12F2N2O. The second-order valence-corrected chi connectivity index (χ2v) is 3.70. The Labute approximate surface area is 103 Å². The van der Waals surface area contributed by atoms with Gasteiger partial charge in [-0.1, -0.05) is 0 Å². The van der Waals surface area contributed by atoms with Crippen LogP contribution in [0.4, 0.5) is 25.8 Å². The van der Waals surface area contributed by atoms with E-state index >= 15 is 0 Å². The lowest BCUT2D eigenvalue weighted by molar-refractivity contribution is 0.414. The molecule has 0 aliphatic carbocycles. The van der Waals surface area contributed by atoms with Gasteiger partial charge in [-0.15, -0.1) is 0 Å². The summed E-state index contributed by atoms with van der Waals surface area (Å²) in [4.78, 5) is 0. The van der Waals surface area contributed by atoms with E-state index in [1.54, 1.807) is 0 Å². The van der Waals surface area contributed by atoms with Gasteiger partial charge in [-0.25, -0.2) is 8.78 Å². The summed E-state index contributed by atoms with van der Waals surface area (Å²) in [6.45, 7) is 0. The topological polar surface area (TPSA) is 47.3 Å². The van der Waals surface area contributed by atoms with Crippen molar-refractivity contribution in [2.24, 2.45) is 0 Å². The molecule has 0 amide bonds. The zero-order chi connectivity index (χ0) is 13.1. The Hall–Kier alpha value is -2.30. The Bertz CT molecular complexity index is 573. The van der Waals surface area contributed by atoms with Crippen molar-refractivity contribution in [3.63, 3.8) is 0 Å². The molecule has 3 N–H and O–H groups in total. The van der Waals surface area contributed by atoms with E-state index in [-0.39, 0.29) is 11.4 Å². The lowest BCUT2D eigenvalue weighted by Gasteiger charge is -2.11. The summed E-state index contributed by atoms with van der Waals surface area (Å²) in [7, 11) is 1.49. The van der Waals surface area contributed by atoms with Gasteiger partial charge in [0.15, 0.2) is 0 Å². The van der Waals surface area contributed by atoms with Crippen LogP contribution in [0.15, 0.2) is 36.4 Å². The third kappa shape index (κ3) is 2.51. The van der Waals surface area contributed by atoms with Crippen molar-refractivity contribution in [3.8, 4) is 5.75 Å². The SMILES string of the molecule is COc1ccc(F)c(Nc2ccc(F)cc2N)c1. The van der Waals surface area contributed by atoms with Gasteiger partial charge in [-0.2, -0.15) is 0 Å². The van der Waals surface area contributed by atoms with Crippen LogP contribution >= 0.6 is 0 Å². The molecule has 2 rings (SSSR count). The molecule has 94 valence electrons. The number of halogens is 2. The van der Waals surface area contributed by atoms with Crippen molar-refractivity contribution in [2.75, 3.05) is 18.2 Å². The molecule has 0 aliphatic heterocycles. The van der Waals surface area contributed by atoms with E-state index in [4.69, 9.17) is 10.5 Å². The maximum Gasteiger partial charge on any atom is 0.146 e. The van der Waals surface area contributed by atoms with Crippen LogP contribution in [0, 0.1) is 11.6 Å². The van der Waals surface area contributed by atoms with Gasteiger partial charge in [0.05, 0.1) is 24.2 Å². The number of ether oxygens (including phenoxy) is 1.